The fraction of sp³-hybridized carbons (Fsp3) is 0.500. The maximum Gasteiger partial charge on any atom is 0.123 e. The number of aromatic hydroxyl groups is 1. The van der Waals surface area contributed by atoms with E-state index in [1.165, 1.54) is 0 Å². The first-order chi connectivity index (χ1) is 7.00. The standard InChI is InChI=1S/C12H18BrNO/c1-8(2)6-14-7-10-5-11(13)4-9(3)12(10)15/h4-5,8,14-15H,6-7H2,1-3H3. The van der Waals surface area contributed by atoms with Gasteiger partial charge < -0.3 is 10.4 Å². The summed E-state index contributed by atoms with van der Waals surface area (Å²) in [4.78, 5) is 0. The highest BCUT2D eigenvalue weighted by molar-refractivity contribution is 9.10. The van der Waals surface area contributed by atoms with Crippen molar-refractivity contribution in [2.24, 2.45) is 5.92 Å². The summed E-state index contributed by atoms with van der Waals surface area (Å²) in [5.74, 6) is 1.02. The number of hydrogen-bond acceptors (Lipinski definition) is 2. The van der Waals surface area contributed by atoms with Crippen LogP contribution in [-0.2, 0) is 6.54 Å². The maximum absolute atomic E-state index is 9.83. The SMILES string of the molecule is Cc1cc(Br)cc(CNCC(C)C)c1O. The van der Waals surface area contributed by atoms with E-state index >= 15 is 0 Å². The molecule has 0 aromatic heterocycles. The number of nitrogens with one attached hydrogen (secondary N) is 1. The molecule has 0 aliphatic carbocycles. The van der Waals surface area contributed by atoms with Gasteiger partial charge in [-0.1, -0.05) is 29.8 Å². The smallest absolute Gasteiger partial charge is 0.123 e. The monoisotopic (exact) mass is 271 g/mol. The fourth-order valence-electron chi connectivity index (χ4n) is 1.44. The first-order valence-corrected chi connectivity index (χ1v) is 5.98. The molecule has 0 aliphatic rings. The van der Waals surface area contributed by atoms with Crippen molar-refractivity contribution in [2.75, 3.05) is 6.54 Å². The fourth-order valence-corrected chi connectivity index (χ4v) is 2.05. The van der Waals surface area contributed by atoms with Gasteiger partial charge in [-0.25, -0.2) is 0 Å². The Labute approximate surface area is 99.8 Å². The average molecular weight is 272 g/mol. The second kappa shape index (κ2) is 5.52. The molecule has 0 bridgehead atoms. The van der Waals surface area contributed by atoms with E-state index in [0.29, 0.717) is 18.2 Å². The number of phenols is 1. The van der Waals surface area contributed by atoms with Crippen LogP contribution in [0.5, 0.6) is 5.75 Å². The van der Waals surface area contributed by atoms with Crippen LogP contribution in [0, 0.1) is 12.8 Å². The molecule has 0 unspecified atom stereocenters. The number of halogens is 1. The molecule has 0 amide bonds. The third kappa shape index (κ3) is 3.84. The molecule has 1 rings (SSSR count). The molecule has 1 aromatic carbocycles. The molecule has 15 heavy (non-hydrogen) atoms. The molecule has 0 heterocycles. The van der Waals surface area contributed by atoms with Crippen molar-refractivity contribution in [2.45, 2.75) is 27.3 Å². The summed E-state index contributed by atoms with van der Waals surface area (Å²) >= 11 is 3.43. The van der Waals surface area contributed by atoms with Gasteiger partial charge in [0.2, 0.25) is 0 Å². The highest BCUT2D eigenvalue weighted by Gasteiger charge is 2.05. The molecule has 1 aromatic rings. The number of hydrogen-bond donors (Lipinski definition) is 2. The summed E-state index contributed by atoms with van der Waals surface area (Å²) < 4.78 is 1.01. The van der Waals surface area contributed by atoms with E-state index in [2.05, 4.69) is 35.1 Å². The summed E-state index contributed by atoms with van der Waals surface area (Å²) in [5, 5.41) is 13.1. The Hall–Kier alpha value is -0.540. The van der Waals surface area contributed by atoms with E-state index in [9.17, 15) is 5.11 Å². The van der Waals surface area contributed by atoms with Gasteiger partial charge in [-0.15, -0.1) is 0 Å². The van der Waals surface area contributed by atoms with Gasteiger partial charge in [0.25, 0.3) is 0 Å². The minimum absolute atomic E-state index is 0.398. The van der Waals surface area contributed by atoms with Crippen molar-refractivity contribution < 1.29 is 5.11 Å². The minimum Gasteiger partial charge on any atom is -0.507 e. The summed E-state index contributed by atoms with van der Waals surface area (Å²) in [6, 6.07) is 3.87. The van der Waals surface area contributed by atoms with Gasteiger partial charge in [-0.05, 0) is 37.1 Å². The van der Waals surface area contributed by atoms with Crippen LogP contribution in [0.15, 0.2) is 16.6 Å². The van der Waals surface area contributed by atoms with Gasteiger partial charge in [0.1, 0.15) is 5.75 Å². The van der Waals surface area contributed by atoms with Crippen molar-refractivity contribution in [1.82, 2.24) is 5.32 Å². The molecule has 0 saturated carbocycles. The molecule has 0 fully saturated rings. The second-order valence-electron chi connectivity index (χ2n) is 4.26. The van der Waals surface area contributed by atoms with E-state index in [0.717, 1.165) is 22.1 Å². The molecule has 0 atom stereocenters. The minimum atomic E-state index is 0.398. The predicted molar refractivity (Wildman–Crippen MR) is 67.1 cm³/mol. The van der Waals surface area contributed by atoms with Gasteiger partial charge in [0, 0.05) is 16.6 Å². The molecule has 0 radical (unpaired) electrons. The van der Waals surface area contributed by atoms with Crippen LogP contribution in [0.3, 0.4) is 0 Å². The highest BCUT2D eigenvalue weighted by atomic mass is 79.9. The molecular formula is C12H18BrNO. The van der Waals surface area contributed by atoms with Crippen LogP contribution in [0.25, 0.3) is 0 Å². The third-order valence-electron chi connectivity index (χ3n) is 2.21. The molecular weight excluding hydrogens is 254 g/mol. The quantitative estimate of drug-likeness (QED) is 0.882. The summed E-state index contributed by atoms with van der Waals surface area (Å²) in [5.41, 5.74) is 1.85. The first-order valence-electron chi connectivity index (χ1n) is 5.19. The number of phenolic OH excluding ortho intramolecular Hbond substituents is 1. The van der Waals surface area contributed by atoms with E-state index in [4.69, 9.17) is 0 Å². The maximum atomic E-state index is 9.83. The van der Waals surface area contributed by atoms with Crippen LogP contribution < -0.4 is 5.32 Å². The van der Waals surface area contributed by atoms with Gasteiger partial charge in [0.05, 0.1) is 0 Å². The van der Waals surface area contributed by atoms with E-state index in [-0.39, 0.29) is 0 Å². The van der Waals surface area contributed by atoms with Crippen LogP contribution in [-0.4, -0.2) is 11.7 Å². The lowest BCUT2D eigenvalue weighted by Gasteiger charge is -2.11. The van der Waals surface area contributed by atoms with Crippen LogP contribution >= 0.6 is 15.9 Å². The van der Waals surface area contributed by atoms with Crippen LogP contribution in [0.2, 0.25) is 0 Å². The molecule has 2 N–H and O–H groups in total. The zero-order valence-corrected chi connectivity index (χ0v) is 11.1. The Morgan fingerprint density at radius 1 is 1.40 bits per heavy atom. The Kier molecular flexibility index (Phi) is 4.61. The molecule has 0 spiro atoms. The zero-order valence-electron chi connectivity index (χ0n) is 9.47. The third-order valence-corrected chi connectivity index (χ3v) is 2.67. The van der Waals surface area contributed by atoms with Crippen molar-refractivity contribution in [1.29, 1.82) is 0 Å². The number of rotatable bonds is 4. The normalized spacial score (nSPS) is 11.0. The van der Waals surface area contributed by atoms with Crippen LogP contribution in [0.1, 0.15) is 25.0 Å². The Balaban J connectivity index is 2.68. The largest absolute Gasteiger partial charge is 0.507 e. The lowest BCUT2D eigenvalue weighted by Crippen LogP contribution is -2.19. The van der Waals surface area contributed by atoms with Gasteiger partial charge in [-0.3, -0.25) is 0 Å². The van der Waals surface area contributed by atoms with Crippen molar-refractivity contribution >= 4 is 15.9 Å². The Bertz CT molecular complexity index is 337. The van der Waals surface area contributed by atoms with E-state index in [1.54, 1.807) is 0 Å². The van der Waals surface area contributed by atoms with Crippen LogP contribution in [0.4, 0.5) is 0 Å². The van der Waals surface area contributed by atoms with Crippen molar-refractivity contribution in [3.8, 4) is 5.75 Å². The zero-order chi connectivity index (χ0) is 11.4. The van der Waals surface area contributed by atoms with E-state index in [1.807, 2.05) is 19.1 Å². The van der Waals surface area contributed by atoms with Gasteiger partial charge in [0.15, 0.2) is 0 Å². The Morgan fingerprint density at radius 2 is 2.07 bits per heavy atom. The number of aryl methyl sites for hydroxylation is 1. The molecule has 2 nitrogen and oxygen atoms in total. The van der Waals surface area contributed by atoms with Crippen molar-refractivity contribution in [3.63, 3.8) is 0 Å². The molecule has 84 valence electrons. The summed E-state index contributed by atoms with van der Waals surface area (Å²) in [7, 11) is 0. The molecule has 0 saturated heterocycles. The van der Waals surface area contributed by atoms with Gasteiger partial charge >= 0.3 is 0 Å². The average Bonchev–Trinajstić information content (AvgIpc) is 2.12. The van der Waals surface area contributed by atoms with Crippen molar-refractivity contribution in [3.05, 3.63) is 27.7 Å². The highest BCUT2D eigenvalue weighted by Crippen LogP contribution is 2.26. The lowest BCUT2D eigenvalue weighted by atomic mass is 10.1. The molecule has 0 aliphatic heterocycles. The lowest BCUT2D eigenvalue weighted by molar-refractivity contribution is 0.457. The second-order valence-corrected chi connectivity index (χ2v) is 5.17. The Morgan fingerprint density at radius 3 is 2.67 bits per heavy atom. The van der Waals surface area contributed by atoms with E-state index < -0.39 is 0 Å². The molecule has 3 heteroatoms. The van der Waals surface area contributed by atoms with Gasteiger partial charge in [-0.2, -0.15) is 0 Å². The summed E-state index contributed by atoms with van der Waals surface area (Å²) in [6.45, 7) is 7.92. The summed E-state index contributed by atoms with van der Waals surface area (Å²) in [6.07, 6.45) is 0. The predicted octanol–water partition coefficient (Wildman–Crippen LogP) is 3.21. The topological polar surface area (TPSA) is 32.3 Å². The first kappa shape index (κ1) is 12.5. The number of benzene rings is 1.